The van der Waals surface area contributed by atoms with Gasteiger partial charge >= 0.3 is 0 Å². The van der Waals surface area contributed by atoms with Crippen molar-refractivity contribution >= 4 is 90.9 Å². The third kappa shape index (κ3) is 4.04. The summed E-state index contributed by atoms with van der Waals surface area (Å²) in [4.78, 5) is 2.36. The van der Waals surface area contributed by atoms with E-state index in [1.54, 1.807) is 0 Å². The Labute approximate surface area is 257 Å². The number of benzene rings is 7. The Morgan fingerprint density at radius 1 is 0.372 bits per heavy atom. The third-order valence-corrected chi connectivity index (χ3v) is 10.8. The van der Waals surface area contributed by atoms with E-state index in [1.807, 2.05) is 22.7 Å². The maximum atomic E-state index is 2.36. The van der Waals surface area contributed by atoms with Gasteiger partial charge in [-0.05, 0) is 82.6 Å². The fraction of sp³-hybridized carbons (Fsp3) is 0. The summed E-state index contributed by atoms with van der Waals surface area (Å²) in [6.45, 7) is 0. The lowest BCUT2D eigenvalue weighted by Crippen LogP contribution is -2.09. The van der Waals surface area contributed by atoms with Crippen molar-refractivity contribution in [2.45, 2.75) is 0 Å². The number of hydrogen-bond donors (Lipinski definition) is 0. The molecule has 202 valence electrons. The summed E-state index contributed by atoms with van der Waals surface area (Å²) in [5, 5.41) is 7.86. The molecule has 9 aromatic rings. The van der Waals surface area contributed by atoms with Crippen molar-refractivity contribution in [1.82, 2.24) is 0 Å². The highest BCUT2D eigenvalue weighted by Gasteiger charge is 2.15. The Hall–Kier alpha value is -4.96. The molecule has 0 saturated carbocycles. The average Bonchev–Trinajstić information content (AvgIpc) is 3.62. The van der Waals surface area contributed by atoms with Gasteiger partial charge in [0.2, 0.25) is 0 Å². The van der Waals surface area contributed by atoms with Gasteiger partial charge in [0.15, 0.2) is 0 Å². The first-order valence-electron chi connectivity index (χ1n) is 14.5. The number of fused-ring (bicyclic) bond motifs is 7. The predicted molar refractivity (Wildman–Crippen MR) is 190 cm³/mol. The van der Waals surface area contributed by atoms with Crippen LogP contribution >= 0.6 is 22.7 Å². The minimum atomic E-state index is 1.14. The summed E-state index contributed by atoms with van der Waals surface area (Å²) in [6.07, 6.45) is 0. The van der Waals surface area contributed by atoms with Crippen LogP contribution < -0.4 is 4.90 Å². The molecule has 0 aliphatic rings. The van der Waals surface area contributed by atoms with E-state index < -0.39 is 0 Å². The molecule has 0 aliphatic heterocycles. The molecule has 0 bridgehead atoms. The van der Waals surface area contributed by atoms with E-state index >= 15 is 0 Å². The fourth-order valence-corrected chi connectivity index (χ4v) is 8.76. The first kappa shape index (κ1) is 24.6. The van der Waals surface area contributed by atoms with Crippen molar-refractivity contribution in [3.63, 3.8) is 0 Å². The molecule has 0 unspecified atom stereocenters. The summed E-state index contributed by atoms with van der Waals surface area (Å²) >= 11 is 3.75. The van der Waals surface area contributed by atoms with Gasteiger partial charge in [0.05, 0.1) is 0 Å². The molecule has 1 nitrogen and oxygen atoms in total. The number of anilines is 3. The van der Waals surface area contributed by atoms with Crippen molar-refractivity contribution in [3.05, 3.63) is 152 Å². The summed E-state index contributed by atoms with van der Waals surface area (Å²) in [7, 11) is 0. The normalized spacial score (nSPS) is 11.7. The molecule has 3 heteroatoms. The second kappa shape index (κ2) is 9.81. The van der Waals surface area contributed by atoms with Crippen LogP contribution in [0.1, 0.15) is 0 Å². The Balaban J connectivity index is 1.16. The third-order valence-electron chi connectivity index (χ3n) is 8.43. The monoisotopic (exact) mass is 583 g/mol. The maximum absolute atomic E-state index is 2.36. The zero-order chi connectivity index (χ0) is 28.3. The molecule has 9 rings (SSSR count). The Bertz CT molecular complexity index is 2450. The molecule has 2 heterocycles. The molecule has 2 aromatic heterocycles. The van der Waals surface area contributed by atoms with E-state index in [2.05, 4.69) is 157 Å². The number of rotatable bonds is 4. The van der Waals surface area contributed by atoms with Crippen LogP contribution in [-0.4, -0.2) is 0 Å². The number of hydrogen-bond acceptors (Lipinski definition) is 3. The van der Waals surface area contributed by atoms with Gasteiger partial charge in [0.25, 0.3) is 0 Å². The zero-order valence-electron chi connectivity index (χ0n) is 23.2. The van der Waals surface area contributed by atoms with Crippen LogP contribution in [0.3, 0.4) is 0 Å². The van der Waals surface area contributed by atoms with Gasteiger partial charge in [-0.15, -0.1) is 22.7 Å². The molecule has 0 atom stereocenters. The van der Waals surface area contributed by atoms with E-state index in [0.29, 0.717) is 0 Å². The number of para-hydroxylation sites is 1. The lowest BCUT2D eigenvalue weighted by atomic mass is 10.0. The first-order chi connectivity index (χ1) is 21.3. The quantitative estimate of drug-likeness (QED) is 0.199. The smallest absolute Gasteiger partial charge is 0.0468 e. The van der Waals surface area contributed by atoms with Crippen molar-refractivity contribution < 1.29 is 0 Å². The predicted octanol–water partition coefficient (Wildman–Crippen LogP) is 12.7. The lowest BCUT2D eigenvalue weighted by molar-refractivity contribution is 1.29. The molecule has 0 fully saturated rings. The first-order valence-corrected chi connectivity index (χ1v) is 16.1. The van der Waals surface area contributed by atoms with Crippen molar-refractivity contribution in [2.75, 3.05) is 4.90 Å². The summed E-state index contributed by atoms with van der Waals surface area (Å²) < 4.78 is 5.35. The zero-order valence-corrected chi connectivity index (χ0v) is 24.8. The van der Waals surface area contributed by atoms with Crippen LogP contribution in [0.25, 0.3) is 62.2 Å². The molecule has 43 heavy (non-hydrogen) atoms. The SMILES string of the molecule is c1ccc(N(c2ccc(-c3cccc4c3sc3ccccc34)cc2)c2ccc3cc4c(cc3c2)sc2ccccc24)cc1. The molecular formula is C40H25NS2. The topological polar surface area (TPSA) is 3.24 Å². The van der Waals surface area contributed by atoms with Crippen LogP contribution in [-0.2, 0) is 0 Å². The van der Waals surface area contributed by atoms with E-state index in [4.69, 9.17) is 0 Å². The van der Waals surface area contributed by atoms with Crippen LogP contribution in [0.2, 0.25) is 0 Å². The van der Waals surface area contributed by atoms with Gasteiger partial charge in [-0.25, -0.2) is 0 Å². The van der Waals surface area contributed by atoms with E-state index in [1.165, 1.54) is 62.2 Å². The maximum Gasteiger partial charge on any atom is 0.0468 e. The Morgan fingerprint density at radius 3 is 1.84 bits per heavy atom. The van der Waals surface area contributed by atoms with E-state index in [-0.39, 0.29) is 0 Å². The number of nitrogens with zero attached hydrogens (tertiary/aromatic N) is 1. The largest absolute Gasteiger partial charge is 0.310 e. The van der Waals surface area contributed by atoms with Crippen LogP contribution in [0.4, 0.5) is 17.1 Å². The Morgan fingerprint density at radius 2 is 1.02 bits per heavy atom. The van der Waals surface area contributed by atoms with Gasteiger partial charge in [-0.2, -0.15) is 0 Å². The van der Waals surface area contributed by atoms with Gasteiger partial charge in [0.1, 0.15) is 0 Å². The lowest BCUT2D eigenvalue weighted by Gasteiger charge is -2.26. The molecule has 0 spiro atoms. The number of thiophene rings is 2. The molecule has 0 N–H and O–H groups in total. The van der Waals surface area contributed by atoms with Crippen molar-refractivity contribution in [2.24, 2.45) is 0 Å². The summed E-state index contributed by atoms with van der Waals surface area (Å²) in [6, 6.07) is 55.4. The molecule has 0 saturated heterocycles. The highest BCUT2D eigenvalue weighted by Crippen LogP contribution is 2.42. The van der Waals surface area contributed by atoms with E-state index in [9.17, 15) is 0 Å². The van der Waals surface area contributed by atoms with Gasteiger partial charge in [-0.3, -0.25) is 0 Å². The van der Waals surface area contributed by atoms with Crippen LogP contribution in [0.15, 0.2) is 152 Å². The fourth-order valence-electron chi connectivity index (χ4n) is 6.38. The van der Waals surface area contributed by atoms with Gasteiger partial charge in [0, 0.05) is 57.4 Å². The summed E-state index contributed by atoms with van der Waals surface area (Å²) in [5.41, 5.74) is 5.96. The highest BCUT2D eigenvalue weighted by molar-refractivity contribution is 7.26. The minimum Gasteiger partial charge on any atom is -0.310 e. The van der Waals surface area contributed by atoms with Crippen molar-refractivity contribution in [3.8, 4) is 11.1 Å². The van der Waals surface area contributed by atoms with Gasteiger partial charge in [-0.1, -0.05) is 91.0 Å². The highest BCUT2D eigenvalue weighted by atomic mass is 32.1. The second-order valence-corrected chi connectivity index (χ2v) is 13.1. The van der Waals surface area contributed by atoms with Crippen molar-refractivity contribution in [1.29, 1.82) is 0 Å². The standard InChI is InChI=1S/C40H25NS2/c1-2-9-29(10-3-1)41(31-22-19-27-24-36-34-12-5-6-15-37(34)42-39(36)25-28(27)23-31)30-20-17-26(18-21-30)32-13-8-14-35-33-11-4-7-16-38(33)43-40(32)35/h1-25H. The molecule has 7 aromatic carbocycles. The molecule has 0 aliphatic carbocycles. The van der Waals surface area contributed by atoms with Crippen LogP contribution in [0.5, 0.6) is 0 Å². The summed E-state index contributed by atoms with van der Waals surface area (Å²) in [5.74, 6) is 0. The van der Waals surface area contributed by atoms with Crippen LogP contribution in [0, 0.1) is 0 Å². The molecule has 0 radical (unpaired) electrons. The van der Waals surface area contributed by atoms with E-state index in [0.717, 1.165) is 17.1 Å². The minimum absolute atomic E-state index is 1.14. The van der Waals surface area contributed by atoms with Gasteiger partial charge < -0.3 is 4.90 Å². The average molecular weight is 584 g/mol. The molecule has 0 amide bonds. The molecular weight excluding hydrogens is 559 g/mol. The second-order valence-electron chi connectivity index (χ2n) is 11.0. The Kier molecular flexibility index (Phi) is 5.62.